The molecule has 0 unspecified atom stereocenters. The molecule has 1 aromatic carbocycles. The first kappa shape index (κ1) is 25.8. The number of hydrogen-bond donors (Lipinski definition) is 2. The lowest BCUT2D eigenvalue weighted by Crippen LogP contribution is -2.48. The molecule has 0 saturated carbocycles. The lowest BCUT2D eigenvalue weighted by Gasteiger charge is -2.33. The summed E-state index contributed by atoms with van der Waals surface area (Å²) in [7, 11) is 0. The number of allylic oxidation sites excluding steroid dienone is 1. The highest BCUT2D eigenvalue weighted by molar-refractivity contribution is 5.96. The normalized spacial score (nSPS) is 25.2. The number of amides is 2. The maximum atomic E-state index is 13.7. The number of unbranched alkanes of at least 4 members (excludes halogenated alkanes) is 2. The van der Waals surface area contributed by atoms with E-state index in [1.807, 2.05) is 43.3 Å². The van der Waals surface area contributed by atoms with E-state index in [0.717, 1.165) is 17.5 Å². The van der Waals surface area contributed by atoms with Gasteiger partial charge in [0.05, 0.1) is 24.0 Å². The Labute approximate surface area is 210 Å². The summed E-state index contributed by atoms with van der Waals surface area (Å²) in [4.78, 5) is 41.9. The lowest BCUT2D eigenvalue weighted by molar-refractivity contribution is -0.155. The quantitative estimate of drug-likeness (QED) is 0.276. The number of para-hydroxylation sites is 1. The largest absolute Gasteiger partial charge is 0.466 e. The molecule has 0 radical (unpaired) electrons. The number of hydrogen-bond acceptors (Lipinski definition) is 7. The second-order valence-electron chi connectivity index (χ2n) is 9.38. The Hall–Kier alpha value is -3.27. The van der Waals surface area contributed by atoms with Gasteiger partial charge < -0.3 is 20.1 Å². The van der Waals surface area contributed by atoms with Gasteiger partial charge in [-0.3, -0.25) is 14.4 Å². The molecular formula is C26H35N5O5. The van der Waals surface area contributed by atoms with Crippen molar-refractivity contribution in [2.45, 2.75) is 52.2 Å². The first-order valence-corrected chi connectivity index (χ1v) is 12.8. The Kier molecular flexibility index (Phi) is 8.35. The number of carbonyl (C=O) groups excluding carboxylic acids is 3. The van der Waals surface area contributed by atoms with Crippen LogP contribution < -0.4 is 5.32 Å². The zero-order chi connectivity index (χ0) is 25.7. The van der Waals surface area contributed by atoms with Crippen molar-refractivity contribution in [1.29, 1.82) is 0 Å². The molecule has 1 aliphatic heterocycles. The Balaban J connectivity index is 1.59. The predicted octanol–water partition coefficient (Wildman–Crippen LogP) is 1.89. The second-order valence-corrected chi connectivity index (χ2v) is 9.38. The fraction of sp³-hybridized carbons (Fsp3) is 0.577. The van der Waals surface area contributed by atoms with Crippen molar-refractivity contribution >= 4 is 28.8 Å². The molecule has 2 heterocycles. The van der Waals surface area contributed by atoms with E-state index in [-0.39, 0.29) is 43.6 Å². The van der Waals surface area contributed by atoms with E-state index >= 15 is 0 Å². The number of ether oxygens (including phenoxy) is 1. The van der Waals surface area contributed by atoms with E-state index in [9.17, 15) is 14.4 Å². The Morgan fingerprint density at radius 2 is 1.94 bits per heavy atom. The molecule has 36 heavy (non-hydrogen) atoms. The maximum absolute atomic E-state index is 13.7. The molecule has 1 fully saturated rings. The Morgan fingerprint density at radius 3 is 2.69 bits per heavy atom. The third-order valence-corrected chi connectivity index (χ3v) is 7.29. The SMILES string of the molecule is CCOC(=O)[C@H]1[C@@H]2C(=O)N(CCCCCO)[C@H](C(=O)NCn3nnc4ccccc43)[C@H]2C=C[C@H]1CC. The van der Waals surface area contributed by atoms with Crippen molar-refractivity contribution in [3.63, 3.8) is 0 Å². The number of aliphatic hydroxyl groups excluding tert-OH is 1. The first-order valence-electron chi connectivity index (χ1n) is 12.8. The summed E-state index contributed by atoms with van der Waals surface area (Å²) in [6.45, 7) is 4.56. The highest BCUT2D eigenvalue weighted by Crippen LogP contribution is 2.45. The van der Waals surface area contributed by atoms with Crippen LogP contribution in [0.2, 0.25) is 0 Å². The predicted molar refractivity (Wildman–Crippen MR) is 132 cm³/mol. The Bertz CT molecular complexity index is 1120. The van der Waals surface area contributed by atoms with Gasteiger partial charge in [0.25, 0.3) is 0 Å². The van der Waals surface area contributed by atoms with Crippen molar-refractivity contribution in [1.82, 2.24) is 25.2 Å². The van der Waals surface area contributed by atoms with E-state index < -0.39 is 23.8 Å². The van der Waals surface area contributed by atoms with Crippen LogP contribution in [0, 0.1) is 23.7 Å². The van der Waals surface area contributed by atoms with Gasteiger partial charge in [0.15, 0.2) is 0 Å². The average Bonchev–Trinajstić information content (AvgIpc) is 3.43. The van der Waals surface area contributed by atoms with Crippen LogP contribution in [0.5, 0.6) is 0 Å². The molecule has 1 saturated heterocycles. The van der Waals surface area contributed by atoms with E-state index in [1.165, 1.54) is 0 Å². The molecule has 0 bridgehead atoms. The van der Waals surface area contributed by atoms with Gasteiger partial charge in [-0.15, -0.1) is 5.10 Å². The van der Waals surface area contributed by atoms with Gasteiger partial charge in [0, 0.05) is 19.1 Å². The molecule has 2 aliphatic rings. The lowest BCUT2D eigenvalue weighted by atomic mass is 9.69. The molecule has 1 aromatic heterocycles. The highest BCUT2D eigenvalue weighted by Gasteiger charge is 2.57. The van der Waals surface area contributed by atoms with Gasteiger partial charge in [-0.2, -0.15) is 0 Å². The van der Waals surface area contributed by atoms with Gasteiger partial charge in [0.1, 0.15) is 18.2 Å². The minimum Gasteiger partial charge on any atom is -0.466 e. The zero-order valence-electron chi connectivity index (χ0n) is 20.9. The summed E-state index contributed by atoms with van der Waals surface area (Å²) in [5.41, 5.74) is 1.52. The summed E-state index contributed by atoms with van der Waals surface area (Å²) in [5.74, 6) is -2.66. The van der Waals surface area contributed by atoms with Crippen molar-refractivity contribution in [2.75, 3.05) is 19.8 Å². The van der Waals surface area contributed by atoms with Crippen LogP contribution in [0.3, 0.4) is 0 Å². The molecular weight excluding hydrogens is 462 g/mol. The number of carbonyl (C=O) groups is 3. The summed E-state index contributed by atoms with van der Waals surface area (Å²) >= 11 is 0. The number of nitrogens with zero attached hydrogens (tertiary/aromatic N) is 4. The molecule has 2 N–H and O–H groups in total. The fourth-order valence-electron chi connectivity index (χ4n) is 5.55. The highest BCUT2D eigenvalue weighted by atomic mass is 16.5. The molecule has 10 nitrogen and oxygen atoms in total. The third-order valence-electron chi connectivity index (χ3n) is 7.29. The molecule has 2 aromatic rings. The molecule has 4 rings (SSSR count). The van der Waals surface area contributed by atoms with Crippen molar-refractivity contribution in [3.05, 3.63) is 36.4 Å². The van der Waals surface area contributed by atoms with Gasteiger partial charge in [0.2, 0.25) is 11.8 Å². The standard InChI is InChI=1S/C26H35N5O5/c1-3-17-12-13-18-22(21(17)26(35)36-4-2)25(34)30(14-8-5-9-15-32)23(18)24(33)27-16-31-20-11-7-6-10-19(20)28-29-31/h6-7,10-13,17-18,21-23,32H,3-5,8-9,14-16H2,1-2H3,(H,27,33)/t17-,18+,21-,22-,23+/m1/s1. The number of aliphatic hydroxyl groups is 1. The van der Waals surface area contributed by atoms with Crippen LogP contribution in [0.4, 0.5) is 0 Å². The summed E-state index contributed by atoms with van der Waals surface area (Å²) < 4.78 is 6.97. The Morgan fingerprint density at radius 1 is 1.14 bits per heavy atom. The van der Waals surface area contributed by atoms with Crippen LogP contribution >= 0.6 is 0 Å². The summed E-state index contributed by atoms with van der Waals surface area (Å²) in [5, 5.41) is 20.3. The van der Waals surface area contributed by atoms with Crippen LogP contribution in [0.15, 0.2) is 36.4 Å². The zero-order valence-corrected chi connectivity index (χ0v) is 20.9. The number of nitrogens with one attached hydrogen (secondary N) is 1. The molecule has 0 spiro atoms. The maximum Gasteiger partial charge on any atom is 0.310 e. The van der Waals surface area contributed by atoms with Crippen molar-refractivity contribution in [2.24, 2.45) is 23.7 Å². The van der Waals surface area contributed by atoms with E-state index in [0.29, 0.717) is 25.8 Å². The van der Waals surface area contributed by atoms with Crippen LogP contribution in [-0.2, 0) is 25.8 Å². The average molecular weight is 498 g/mol. The van der Waals surface area contributed by atoms with Gasteiger partial charge >= 0.3 is 5.97 Å². The molecule has 194 valence electrons. The molecule has 2 amide bonds. The van der Waals surface area contributed by atoms with Gasteiger partial charge in [-0.1, -0.05) is 36.4 Å². The summed E-state index contributed by atoms with van der Waals surface area (Å²) in [6, 6.07) is 6.74. The minimum absolute atomic E-state index is 0.0842. The van der Waals surface area contributed by atoms with E-state index in [4.69, 9.17) is 9.84 Å². The third kappa shape index (κ3) is 5.00. The monoisotopic (exact) mass is 497 g/mol. The topological polar surface area (TPSA) is 127 Å². The van der Waals surface area contributed by atoms with Crippen molar-refractivity contribution in [3.8, 4) is 0 Å². The number of esters is 1. The van der Waals surface area contributed by atoms with Crippen molar-refractivity contribution < 1.29 is 24.2 Å². The fourth-order valence-corrected chi connectivity index (χ4v) is 5.55. The molecule has 1 aliphatic carbocycles. The number of benzene rings is 1. The second kappa shape index (κ2) is 11.6. The number of aromatic nitrogens is 3. The van der Waals surface area contributed by atoms with Crippen LogP contribution in [0.25, 0.3) is 11.0 Å². The van der Waals surface area contributed by atoms with Gasteiger partial charge in [-0.05, 0) is 50.7 Å². The minimum atomic E-state index is -0.739. The number of fused-ring (bicyclic) bond motifs is 2. The van der Waals surface area contributed by atoms with E-state index in [2.05, 4.69) is 15.6 Å². The number of rotatable bonds is 11. The summed E-state index contributed by atoms with van der Waals surface area (Å²) in [6.07, 6.45) is 6.64. The molecule has 5 atom stereocenters. The van der Waals surface area contributed by atoms with E-state index in [1.54, 1.807) is 16.5 Å². The van der Waals surface area contributed by atoms with Crippen LogP contribution in [-0.4, -0.2) is 68.6 Å². The van der Waals surface area contributed by atoms with Gasteiger partial charge in [-0.25, -0.2) is 4.68 Å². The van der Waals surface area contributed by atoms with Crippen LogP contribution in [0.1, 0.15) is 39.5 Å². The first-order chi connectivity index (χ1) is 17.5. The molecule has 10 heteroatoms. The number of likely N-dealkylation sites (tertiary alicyclic amines) is 1. The smallest absolute Gasteiger partial charge is 0.310 e.